The molecular weight excluding hydrogens is 166 g/mol. The van der Waals surface area contributed by atoms with E-state index in [1.54, 1.807) is 6.92 Å². The van der Waals surface area contributed by atoms with E-state index >= 15 is 0 Å². The summed E-state index contributed by atoms with van der Waals surface area (Å²) in [6, 6.07) is 0.755. The first-order valence-electron chi connectivity index (χ1n) is 4.84. The Morgan fingerprint density at radius 1 is 1.77 bits per heavy atom. The number of carbonyl (C=O) groups excluding carboxylic acids is 1. The molecule has 13 heavy (non-hydrogen) atoms. The number of hydrogen-bond acceptors (Lipinski definition) is 3. The average molecular weight is 185 g/mol. The predicted octanol–water partition coefficient (Wildman–Crippen LogP) is -0.456. The van der Waals surface area contributed by atoms with Gasteiger partial charge in [-0.1, -0.05) is 0 Å². The van der Waals surface area contributed by atoms with Gasteiger partial charge in [0.25, 0.3) is 0 Å². The van der Waals surface area contributed by atoms with Crippen molar-refractivity contribution in [2.75, 3.05) is 19.6 Å². The Hall–Kier alpha value is -0.610. The van der Waals surface area contributed by atoms with Gasteiger partial charge in [-0.3, -0.25) is 9.69 Å². The van der Waals surface area contributed by atoms with Gasteiger partial charge in [0, 0.05) is 38.6 Å². The van der Waals surface area contributed by atoms with Crippen molar-refractivity contribution in [2.24, 2.45) is 5.73 Å². The van der Waals surface area contributed by atoms with Crippen LogP contribution >= 0.6 is 0 Å². The molecule has 0 spiro atoms. The van der Waals surface area contributed by atoms with Crippen molar-refractivity contribution in [1.29, 1.82) is 0 Å². The molecule has 4 nitrogen and oxygen atoms in total. The molecule has 0 aliphatic carbocycles. The molecule has 2 unspecified atom stereocenters. The lowest BCUT2D eigenvalue weighted by Gasteiger charge is -2.22. The van der Waals surface area contributed by atoms with E-state index in [9.17, 15) is 4.79 Å². The molecule has 1 aliphatic heterocycles. The third kappa shape index (κ3) is 2.97. The van der Waals surface area contributed by atoms with Gasteiger partial charge in [0.2, 0.25) is 5.91 Å². The fraction of sp³-hybridized carbons (Fsp3) is 0.889. The van der Waals surface area contributed by atoms with Crippen molar-refractivity contribution in [3.8, 4) is 0 Å². The molecule has 4 heteroatoms. The number of nitrogens with one attached hydrogen (secondary N) is 1. The van der Waals surface area contributed by atoms with Crippen LogP contribution in [0.15, 0.2) is 0 Å². The van der Waals surface area contributed by atoms with Crippen LogP contribution < -0.4 is 11.1 Å². The van der Waals surface area contributed by atoms with Gasteiger partial charge in [0.05, 0.1) is 0 Å². The summed E-state index contributed by atoms with van der Waals surface area (Å²) in [4.78, 5) is 13.1. The molecule has 1 saturated heterocycles. The van der Waals surface area contributed by atoms with Gasteiger partial charge in [0.1, 0.15) is 0 Å². The van der Waals surface area contributed by atoms with Gasteiger partial charge < -0.3 is 11.1 Å². The Morgan fingerprint density at radius 2 is 2.46 bits per heavy atom. The maximum absolute atomic E-state index is 10.8. The van der Waals surface area contributed by atoms with E-state index in [0.717, 1.165) is 19.5 Å². The van der Waals surface area contributed by atoms with Gasteiger partial charge in [-0.15, -0.1) is 0 Å². The Morgan fingerprint density at radius 3 is 3.00 bits per heavy atom. The molecule has 1 fully saturated rings. The summed E-state index contributed by atoms with van der Waals surface area (Å²) in [6.07, 6.45) is 1.05. The average Bonchev–Trinajstić information content (AvgIpc) is 2.50. The Kier molecular flexibility index (Phi) is 3.69. The lowest BCUT2D eigenvalue weighted by Crippen LogP contribution is -2.40. The summed E-state index contributed by atoms with van der Waals surface area (Å²) in [5.74, 6) is 0.0623. The molecule has 0 aromatic carbocycles. The molecule has 0 saturated carbocycles. The van der Waals surface area contributed by atoms with E-state index in [1.165, 1.54) is 0 Å². The van der Waals surface area contributed by atoms with Crippen molar-refractivity contribution >= 4 is 5.91 Å². The topological polar surface area (TPSA) is 58.4 Å². The minimum absolute atomic E-state index is 0.0623. The molecule has 1 rings (SSSR count). The first kappa shape index (κ1) is 10.5. The Bertz CT molecular complexity index is 184. The summed E-state index contributed by atoms with van der Waals surface area (Å²) >= 11 is 0. The van der Waals surface area contributed by atoms with Gasteiger partial charge in [0.15, 0.2) is 0 Å². The highest BCUT2D eigenvalue weighted by Crippen LogP contribution is 2.11. The van der Waals surface area contributed by atoms with Crippen molar-refractivity contribution in [3.05, 3.63) is 0 Å². The maximum Gasteiger partial charge on any atom is 0.217 e. The molecule has 0 radical (unpaired) electrons. The van der Waals surface area contributed by atoms with E-state index in [-0.39, 0.29) is 5.91 Å². The summed E-state index contributed by atoms with van der Waals surface area (Å²) in [5, 5.41) is 2.93. The summed E-state index contributed by atoms with van der Waals surface area (Å²) in [6.45, 7) is 6.36. The van der Waals surface area contributed by atoms with Crippen molar-refractivity contribution in [2.45, 2.75) is 32.4 Å². The lowest BCUT2D eigenvalue weighted by molar-refractivity contribution is -0.119. The van der Waals surface area contributed by atoms with Gasteiger partial charge in [-0.2, -0.15) is 0 Å². The third-order valence-electron chi connectivity index (χ3n) is 2.59. The highest BCUT2D eigenvalue weighted by molar-refractivity contribution is 5.73. The number of hydrogen-bond donors (Lipinski definition) is 2. The lowest BCUT2D eigenvalue weighted by atomic mass is 10.2. The zero-order chi connectivity index (χ0) is 9.84. The zero-order valence-electron chi connectivity index (χ0n) is 8.42. The van der Waals surface area contributed by atoms with Crippen LogP contribution in [0.1, 0.15) is 20.3 Å². The van der Waals surface area contributed by atoms with Crippen molar-refractivity contribution in [1.82, 2.24) is 10.2 Å². The van der Waals surface area contributed by atoms with Crippen LogP contribution in [0.25, 0.3) is 0 Å². The van der Waals surface area contributed by atoms with Crippen LogP contribution in [-0.2, 0) is 4.79 Å². The second-order valence-electron chi connectivity index (χ2n) is 3.77. The molecule has 2 atom stereocenters. The van der Waals surface area contributed by atoms with Crippen LogP contribution in [0.5, 0.6) is 0 Å². The minimum atomic E-state index is 0.0623. The molecule has 0 bridgehead atoms. The van der Waals surface area contributed by atoms with Crippen LogP contribution in [-0.4, -0.2) is 42.5 Å². The molecule has 76 valence electrons. The van der Waals surface area contributed by atoms with Crippen LogP contribution in [0.2, 0.25) is 0 Å². The molecule has 0 aromatic heterocycles. The highest BCUT2D eigenvalue weighted by Gasteiger charge is 2.25. The SMILES string of the molecule is CC(=O)NC1CCN(C(C)CN)C1. The van der Waals surface area contributed by atoms with Crippen LogP contribution in [0, 0.1) is 0 Å². The largest absolute Gasteiger partial charge is 0.352 e. The van der Waals surface area contributed by atoms with E-state index < -0.39 is 0 Å². The van der Waals surface area contributed by atoms with Crippen LogP contribution in [0.4, 0.5) is 0 Å². The van der Waals surface area contributed by atoms with Gasteiger partial charge in [-0.05, 0) is 13.3 Å². The quantitative estimate of drug-likeness (QED) is 0.626. The Labute approximate surface area is 79.5 Å². The zero-order valence-corrected chi connectivity index (χ0v) is 8.42. The first-order chi connectivity index (χ1) is 6.13. The van der Waals surface area contributed by atoms with Crippen molar-refractivity contribution < 1.29 is 4.79 Å². The van der Waals surface area contributed by atoms with E-state index in [2.05, 4.69) is 17.1 Å². The number of carbonyl (C=O) groups is 1. The summed E-state index contributed by atoms with van der Waals surface area (Å²) in [5.41, 5.74) is 5.57. The summed E-state index contributed by atoms with van der Waals surface area (Å²) < 4.78 is 0. The molecule has 3 N–H and O–H groups in total. The number of nitrogens with two attached hydrogens (primary N) is 1. The number of rotatable bonds is 3. The number of likely N-dealkylation sites (tertiary alicyclic amines) is 1. The number of amides is 1. The smallest absolute Gasteiger partial charge is 0.217 e. The van der Waals surface area contributed by atoms with Gasteiger partial charge in [-0.25, -0.2) is 0 Å². The molecule has 1 heterocycles. The van der Waals surface area contributed by atoms with E-state index in [0.29, 0.717) is 18.6 Å². The fourth-order valence-corrected chi connectivity index (χ4v) is 1.74. The predicted molar refractivity (Wildman–Crippen MR) is 52.3 cm³/mol. The van der Waals surface area contributed by atoms with E-state index in [1.807, 2.05) is 0 Å². The molecular formula is C9H19N3O. The number of nitrogens with zero attached hydrogens (tertiary/aromatic N) is 1. The maximum atomic E-state index is 10.8. The van der Waals surface area contributed by atoms with Crippen LogP contribution in [0.3, 0.4) is 0 Å². The second kappa shape index (κ2) is 4.58. The van der Waals surface area contributed by atoms with Crippen molar-refractivity contribution in [3.63, 3.8) is 0 Å². The monoisotopic (exact) mass is 185 g/mol. The van der Waals surface area contributed by atoms with E-state index in [4.69, 9.17) is 5.73 Å². The normalized spacial score (nSPS) is 25.9. The standard InChI is InChI=1S/C9H19N3O/c1-7(5-10)12-4-3-9(6-12)11-8(2)13/h7,9H,3-6,10H2,1-2H3,(H,11,13). The molecule has 1 aliphatic rings. The van der Waals surface area contributed by atoms with Gasteiger partial charge >= 0.3 is 0 Å². The fourth-order valence-electron chi connectivity index (χ4n) is 1.74. The molecule has 1 amide bonds. The Balaban J connectivity index is 2.31. The summed E-state index contributed by atoms with van der Waals surface area (Å²) in [7, 11) is 0. The first-order valence-corrected chi connectivity index (χ1v) is 4.84. The molecule has 0 aromatic rings. The third-order valence-corrected chi connectivity index (χ3v) is 2.59. The minimum Gasteiger partial charge on any atom is -0.352 e. The second-order valence-corrected chi connectivity index (χ2v) is 3.77. The highest BCUT2D eigenvalue weighted by atomic mass is 16.1.